The molecule has 96 valence electrons. The van der Waals surface area contributed by atoms with Crippen LogP contribution in [0.5, 0.6) is 11.5 Å². The average Bonchev–Trinajstić information content (AvgIpc) is 2.90. The Labute approximate surface area is 111 Å². The van der Waals surface area contributed by atoms with Gasteiger partial charge in [0, 0.05) is 17.3 Å². The molecule has 0 aliphatic rings. The fraction of sp³-hybridized carbons (Fsp3) is 0.133. The summed E-state index contributed by atoms with van der Waals surface area (Å²) < 4.78 is 12.7. The molecule has 19 heavy (non-hydrogen) atoms. The van der Waals surface area contributed by atoms with Crippen molar-refractivity contribution in [2.75, 3.05) is 14.2 Å². The van der Waals surface area contributed by atoms with E-state index in [0.29, 0.717) is 0 Å². The third-order valence-electron chi connectivity index (χ3n) is 3.12. The third kappa shape index (κ3) is 1.81. The maximum atomic E-state index is 5.48. The summed E-state index contributed by atoms with van der Waals surface area (Å²) in [4.78, 5) is 0. The number of benzene rings is 1. The highest BCUT2D eigenvalue weighted by atomic mass is 16.5. The van der Waals surface area contributed by atoms with Gasteiger partial charge < -0.3 is 9.47 Å². The molecule has 0 radical (unpaired) electrons. The Morgan fingerprint density at radius 2 is 1.84 bits per heavy atom. The molecule has 0 bridgehead atoms. The second-order valence-corrected chi connectivity index (χ2v) is 4.13. The van der Waals surface area contributed by atoms with Gasteiger partial charge in [-0.1, -0.05) is 18.2 Å². The molecule has 0 unspecified atom stereocenters. The summed E-state index contributed by atoms with van der Waals surface area (Å²) in [5, 5.41) is 4.35. The average molecular weight is 254 g/mol. The Hall–Kier alpha value is -2.49. The first kappa shape index (κ1) is 11.6. The first-order valence-corrected chi connectivity index (χ1v) is 5.99. The second-order valence-electron chi connectivity index (χ2n) is 4.13. The zero-order valence-corrected chi connectivity index (χ0v) is 10.8. The summed E-state index contributed by atoms with van der Waals surface area (Å²) in [5.74, 6) is 1.44. The van der Waals surface area contributed by atoms with Crippen LogP contribution in [-0.2, 0) is 0 Å². The predicted octanol–water partition coefficient (Wildman–Crippen LogP) is 3.02. The van der Waals surface area contributed by atoms with Crippen molar-refractivity contribution in [2.24, 2.45) is 0 Å². The van der Waals surface area contributed by atoms with Gasteiger partial charge in [-0.15, -0.1) is 0 Å². The van der Waals surface area contributed by atoms with Crippen LogP contribution in [0.3, 0.4) is 0 Å². The van der Waals surface area contributed by atoms with Crippen LogP contribution in [0, 0.1) is 0 Å². The van der Waals surface area contributed by atoms with Gasteiger partial charge in [0.25, 0.3) is 0 Å². The molecule has 0 amide bonds. The van der Waals surface area contributed by atoms with Crippen LogP contribution in [0.15, 0.2) is 48.8 Å². The van der Waals surface area contributed by atoms with Gasteiger partial charge in [0.2, 0.25) is 0 Å². The van der Waals surface area contributed by atoms with Crippen LogP contribution >= 0.6 is 0 Å². The lowest BCUT2D eigenvalue weighted by Crippen LogP contribution is -1.93. The molecule has 0 spiro atoms. The van der Waals surface area contributed by atoms with E-state index < -0.39 is 0 Å². The fourth-order valence-electron chi connectivity index (χ4n) is 2.24. The van der Waals surface area contributed by atoms with E-state index in [9.17, 15) is 0 Å². The van der Waals surface area contributed by atoms with E-state index in [-0.39, 0.29) is 0 Å². The van der Waals surface area contributed by atoms with Crippen LogP contribution in [0.4, 0.5) is 0 Å². The molecule has 0 N–H and O–H groups in total. The first-order chi connectivity index (χ1) is 9.35. The number of pyridine rings is 1. The van der Waals surface area contributed by atoms with Crippen molar-refractivity contribution >= 4 is 5.52 Å². The molecule has 0 saturated heterocycles. The summed E-state index contributed by atoms with van der Waals surface area (Å²) in [7, 11) is 3.28. The zero-order valence-electron chi connectivity index (χ0n) is 10.8. The SMILES string of the molecule is COc1cccc(-c2cnn3ccccc23)c1OC. The van der Waals surface area contributed by atoms with Crippen molar-refractivity contribution in [3.63, 3.8) is 0 Å². The Morgan fingerprint density at radius 1 is 0.947 bits per heavy atom. The van der Waals surface area contributed by atoms with E-state index in [2.05, 4.69) is 5.10 Å². The minimum absolute atomic E-state index is 0.718. The van der Waals surface area contributed by atoms with E-state index >= 15 is 0 Å². The van der Waals surface area contributed by atoms with E-state index in [0.717, 1.165) is 28.1 Å². The number of nitrogens with zero attached hydrogens (tertiary/aromatic N) is 2. The Bertz CT molecular complexity index is 719. The Morgan fingerprint density at radius 3 is 2.63 bits per heavy atom. The predicted molar refractivity (Wildman–Crippen MR) is 73.7 cm³/mol. The number of para-hydroxylation sites is 1. The lowest BCUT2D eigenvalue weighted by molar-refractivity contribution is 0.356. The molecule has 0 aliphatic heterocycles. The van der Waals surface area contributed by atoms with Gasteiger partial charge in [-0.25, -0.2) is 4.52 Å². The minimum Gasteiger partial charge on any atom is -0.493 e. The van der Waals surface area contributed by atoms with Crippen molar-refractivity contribution in [3.8, 4) is 22.6 Å². The number of hydrogen-bond acceptors (Lipinski definition) is 3. The number of hydrogen-bond donors (Lipinski definition) is 0. The van der Waals surface area contributed by atoms with Gasteiger partial charge in [0.1, 0.15) is 0 Å². The van der Waals surface area contributed by atoms with Gasteiger partial charge >= 0.3 is 0 Å². The lowest BCUT2D eigenvalue weighted by atomic mass is 10.1. The van der Waals surface area contributed by atoms with E-state index in [1.165, 1.54) is 0 Å². The van der Waals surface area contributed by atoms with Gasteiger partial charge in [0.05, 0.1) is 25.9 Å². The fourth-order valence-corrected chi connectivity index (χ4v) is 2.24. The molecule has 0 atom stereocenters. The molecule has 3 aromatic rings. The van der Waals surface area contributed by atoms with Crippen molar-refractivity contribution in [1.29, 1.82) is 0 Å². The topological polar surface area (TPSA) is 35.8 Å². The van der Waals surface area contributed by atoms with Crippen LogP contribution in [0.2, 0.25) is 0 Å². The number of methoxy groups -OCH3 is 2. The van der Waals surface area contributed by atoms with Crippen LogP contribution in [0.25, 0.3) is 16.6 Å². The minimum atomic E-state index is 0.718. The number of ether oxygens (including phenoxy) is 2. The molecular formula is C15H14N2O2. The van der Waals surface area contributed by atoms with E-state index in [1.807, 2.05) is 53.3 Å². The summed E-state index contributed by atoms with van der Waals surface area (Å²) in [6, 6.07) is 11.8. The highest BCUT2D eigenvalue weighted by Crippen LogP contribution is 2.39. The van der Waals surface area contributed by atoms with Gasteiger partial charge in [-0.3, -0.25) is 0 Å². The summed E-state index contributed by atoms with van der Waals surface area (Å²) in [5.41, 5.74) is 3.04. The smallest absolute Gasteiger partial charge is 0.168 e. The van der Waals surface area contributed by atoms with Gasteiger partial charge in [-0.05, 0) is 18.2 Å². The largest absolute Gasteiger partial charge is 0.493 e. The maximum Gasteiger partial charge on any atom is 0.168 e. The van der Waals surface area contributed by atoms with Crippen molar-refractivity contribution in [3.05, 3.63) is 48.8 Å². The van der Waals surface area contributed by atoms with Crippen LogP contribution in [0.1, 0.15) is 0 Å². The van der Waals surface area contributed by atoms with Crippen molar-refractivity contribution in [2.45, 2.75) is 0 Å². The van der Waals surface area contributed by atoms with Crippen LogP contribution < -0.4 is 9.47 Å². The number of rotatable bonds is 3. The zero-order chi connectivity index (χ0) is 13.2. The van der Waals surface area contributed by atoms with E-state index in [1.54, 1.807) is 14.2 Å². The highest BCUT2D eigenvalue weighted by Gasteiger charge is 2.14. The third-order valence-corrected chi connectivity index (χ3v) is 3.12. The van der Waals surface area contributed by atoms with Crippen molar-refractivity contribution < 1.29 is 9.47 Å². The van der Waals surface area contributed by atoms with Crippen LogP contribution in [-0.4, -0.2) is 23.8 Å². The van der Waals surface area contributed by atoms with Crippen molar-refractivity contribution in [1.82, 2.24) is 9.61 Å². The maximum absolute atomic E-state index is 5.48. The molecule has 2 aromatic heterocycles. The summed E-state index contributed by atoms with van der Waals surface area (Å²) >= 11 is 0. The summed E-state index contributed by atoms with van der Waals surface area (Å²) in [6.07, 6.45) is 3.76. The van der Waals surface area contributed by atoms with E-state index in [4.69, 9.17) is 9.47 Å². The monoisotopic (exact) mass is 254 g/mol. The number of fused-ring (bicyclic) bond motifs is 1. The molecule has 3 rings (SSSR count). The molecule has 4 heteroatoms. The lowest BCUT2D eigenvalue weighted by Gasteiger charge is -2.11. The standard InChI is InChI=1S/C15H14N2O2/c1-18-14-8-5-6-11(15(14)19-2)12-10-16-17-9-4-3-7-13(12)17/h3-10H,1-2H3. The Balaban J connectivity index is 2.27. The number of aromatic nitrogens is 2. The Kier molecular flexibility index (Phi) is 2.83. The quantitative estimate of drug-likeness (QED) is 0.720. The molecule has 0 fully saturated rings. The molecule has 4 nitrogen and oxygen atoms in total. The molecule has 0 saturated carbocycles. The first-order valence-electron chi connectivity index (χ1n) is 5.99. The molecule has 1 aromatic carbocycles. The second kappa shape index (κ2) is 4.65. The van der Waals surface area contributed by atoms with Gasteiger partial charge in [-0.2, -0.15) is 5.10 Å². The molecular weight excluding hydrogens is 240 g/mol. The molecule has 2 heterocycles. The summed E-state index contributed by atoms with van der Waals surface area (Å²) in [6.45, 7) is 0. The highest BCUT2D eigenvalue weighted by molar-refractivity contribution is 5.84. The normalized spacial score (nSPS) is 10.6. The molecule has 0 aliphatic carbocycles. The van der Waals surface area contributed by atoms with Gasteiger partial charge in [0.15, 0.2) is 11.5 Å².